The molecule has 0 saturated carbocycles. The monoisotopic (exact) mass is 391 g/mol. The molecule has 2 aromatic carbocycles. The lowest BCUT2D eigenvalue weighted by molar-refractivity contribution is 0.0595. The Morgan fingerprint density at radius 2 is 1.86 bits per heavy atom. The minimum atomic E-state index is -0.675. The number of hydrogen-bond acceptors (Lipinski definition) is 7. The number of alkyl carbamates (subject to hydrolysis) is 1. The van der Waals surface area contributed by atoms with Crippen LogP contribution in [0.1, 0.15) is 27.5 Å². The molecular weight excluding hydrogens is 374 g/mol. The van der Waals surface area contributed by atoms with Crippen LogP contribution in [-0.4, -0.2) is 24.2 Å². The summed E-state index contributed by atoms with van der Waals surface area (Å²) in [6.07, 6.45) is -0.647. The van der Waals surface area contributed by atoms with E-state index in [1.165, 1.54) is 7.11 Å². The Hall–Kier alpha value is -4.12. The topological polar surface area (TPSA) is 114 Å². The Kier molecular flexibility index (Phi) is 6.22. The van der Waals surface area contributed by atoms with Crippen LogP contribution in [0.3, 0.4) is 0 Å². The van der Waals surface area contributed by atoms with E-state index in [0.717, 1.165) is 5.56 Å². The largest absolute Gasteiger partial charge is 0.464 e. The highest BCUT2D eigenvalue weighted by molar-refractivity contribution is 5.93. The van der Waals surface area contributed by atoms with Gasteiger partial charge in [0.25, 0.3) is 0 Å². The molecule has 8 nitrogen and oxygen atoms in total. The van der Waals surface area contributed by atoms with Gasteiger partial charge in [-0.05, 0) is 29.8 Å². The zero-order valence-electron chi connectivity index (χ0n) is 15.5. The normalized spacial score (nSPS) is 10.1. The molecule has 0 bridgehead atoms. The second-order valence-electron chi connectivity index (χ2n) is 5.88. The lowest BCUT2D eigenvalue weighted by atomic mass is 10.1. The van der Waals surface area contributed by atoms with E-state index in [1.54, 1.807) is 24.3 Å². The number of esters is 1. The fourth-order valence-electron chi connectivity index (χ4n) is 2.49. The first-order valence-electron chi connectivity index (χ1n) is 8.64. The average Bonchev–Trinajstić information content (AvgIpc) is 3.21. The van der Waals surface area contributed by atoms with Crippen LogP contribution < -0.4 is 5.32 Å². The van der Waals surface area contributed by atoms with E-state index in [1.807, 2.05) is 36.4 Å². The Bertz CT molecular complexity index is 1040. The minimum absolute atomic E-state index is 0.0216. The Morgan fingerprint density at radius 1 is 1.14 bits per heavy atom. The summed E-state index contributed by atoms with van der Waals surface area (Å²) >= 11 is 0. The number of oxazole rings is 1. The second-order valence-corrected chi connectivity index (χ2v) is 5.88. The van der Waals surface area contributed by atoms with Gasteiger partial charge >= 0.3 is 12.1 Å². The van der Waals surface area contributed by atoms with Gasteiger partial charge in [0.15, 0.2) is 11.5 Å². The van der Waals surface area contributed by atoms with Crippen LogP contribution in [0.25, 0.3) is 11.3 Å². The summed E-state index contributed by atoms with van der Waals surface area (Å²) in [5.41, 5.74) is 1.85. The molecule has 1 heterocycles. The number of carbonyl (C=O) groups is 2. The van der Waals surface area contributed by atoms with Crippen molar-refractivity contribution < 1.29 is 23.5 Å². The molecule has 0 aliphatic rings. The fraction of sp³-hybridized carbons (Fsp3) is 0.143. The maximum atomic E-state index is 12.0. The predicted octanol–water partition coefficient (Wildman–Crippen LogP) is 3.43. The summed E-state index contributed by atoms with van der Waals surface area (Å²) in [7, 11) is 1.23. The van der Waals surface area contributed by atoms with Gasteiger partial charge < -0.3 is 19.2 Å². The van der Waals surface area contributed by atoms with Crippen molar-refractivity contribution in [2.75, 3.05) is 7.11 Å². The van der Waals surface area contributed by atoms with Crippen LogP contribution in [0.2, 0.25) is 0 Å². The van der Waals surface area contributed by atoms with E-state index in [0.29, 0.717) is 11.1 Å². The highest BCUT2D eigenvalue weighted by Gasteiger charge is 2.22. The number of nitrogens with zero attached hydrogens (tertiary/aromatic N) is 2. The van der Waals surface area contributed by atoms with Gasteiger partial charge in [0.05, 0.1) is 25.3 Å². The van der Waals surface area contributed by atoms with E-state index < -0.39 is 12.1 Å². The predicted molar refractivity (Wildman–Crippen MR) is 101 cm³/mol. The number of ether oxygens (including phenoxy) is 2. The summed E-state index contributed by atoms with van der Waals surface area (Å²) < 4.78 is 15.5. The fourth-order valence-corrected chi connectivity index (χ4v) is 2.49. The summed E-state index contributed by atoms with van der Waals surface area (Å²) in [5, 5.41) is 11.4. The van der Waals surface area contributed by atoms with Crippen LogP contribution >= 0.6 is 0 Å². The first kappa shape index (κ1) is 19.6. The van der Waals surface area contributed by atoms with Gasteiger partial charge in [-0.15, -0.1) is 0 Å². The number of nitrogens with one attached hydrogen (secondary N) is 1. The van der Waals surface area contributed by atoms with Gasteiger partial charge in [-0.1, -0.05) is 30.3 Å². The van der Waals surface area contributed by atoms with Gasteiger partial charge in [-0.2, -0.15) is 5.26 Å². The lowest BCUT2D eigenvalue weighted by Crippen LogP contribution is -2.23. The number of nitriles is 1. The van der Waals surface area contributed by atoms with Crippen molar-refractivity contribution in [2.45, 2.75) is 13.2 Å². The first-order valence-corrected chi connectivity index (χ1v) is 8.64. The van der Waals surface area contributed by atoms with Gasteiger partial charge in [0.1, 0.15) is 6.61 Å². The molecule has 0 unspecified atom stereocenters. The molecule has 0 radical (unpaired) electrons. The maximum absolute atomic E-state index is 12.0. The molecule has 0 aliphatic heterocycles. The molecule has 0 spiro atoms. The number of rotatable bonds is 6. The molecule has 1 N–H and O–H groups in total. The molecule has 3 aromatic rings. The minimum Gasteiger partial charge on any atom is -0.464 e. The molecule has 29 heavy (non-hydrogen) atoms. The van der Waals surface area contributed by atoms with E-state index in [-0.39, 0.29) is 30.5 Å². The van der Waals surface area contributed by atoms with Gasteiger partial charge in [-0.25, -0.2) is 14.6 Å². The number of methoxy groups -OCH3 is 1. The van der Waals surface area contributed by atoms with Crippen molar-refractivity contribution >= 4 is 12.1 Å². The van der Waals surface area contributed by atoms with E-state index in [9.17, 15) is 9.59 Å². The Labute approximate surface area is 166 Å². The summed E-state index contributed by atoms with van der Waals surface area (Å²) in [5.74, 6) is -0.372. The second kappa shape index (κ2) is 9.19. The molecule has 0 aliphatic carbocycles. The molecule has 0 fully saturated rings. The van der Waals surface area contributed by atoms with Crippen LogP contribution in [0.15, 0.2) is 59.0 Å². The smallest absolute Gasteiger partial charge is 0.407 e. The molecule has 0 atom stereocenters. The molecular formula is C21H17N3O5. The Morgan fingerprint density at radius 3 is 2.52 bits per heavy atom. The number of carbonyl (C=O) groups excluding carboxylic acids is 2. The van der Waals surface area contributed by atoms with E-state index in [4.69, 9.17) is 19.2 Å². The molecule has 1 aromatic heterocycles. The van der Waals surface area contributed by atoms with Crippen LogP contribution in [0, 0.1) is 11.3 Å². The zero-order chi connectivity index (χ0) is 20.6. The summed E-state index contributed by atoms with van der Waals surface area (Å²) in [6.45, 7) is 0.0516. The quantitative estimate of drug-likeness (QED) is 0.640. The number of amides is 1. The van der Waals surface area contributed by atoms with Crippen LogP contribution in [0.5, 0.6) is 0 Å². The van der Waals surface area contributed by atoms with Crippen molar-refractivity contribution in [1.82, 2.24) is 10.3 Å². The molecule has 3 rings (SSSR count). The standard InChI is InChI=1S/C21H17N3O5/c1-27-20(25)18-19(16-9-7-14(11-22)8-10-16)29-17(24-18)12-23-21(26)28-13-15-5-3-2-4-6-15/h2-10H,12-13H2,1H3,(H,23,26). The highest BCUT2D eigenvalue weighted by Crippen LogP contribution is 2.26. The van der Waals surface area contributed by atoms with E-state index >= 15 is 0 Å². The first-order chi connectivity index (χ1) is 14.1. The lowest BCUT2D eigenvalue weighted by Gasteiger charge is -2.05. The summed E-state index contributed by atoms with van der Waals surface area (Å²) in [6, 6.07) is 17.7. The van der Waals surface area contributed by atoms with Gasteiger partial charge in [0.2, 0.25) is 5.89 Å². The van der Waals surface area contributed by atoms with Gasteiger partial charge in [-0.3, -0.25) is 0 Å². The number of aromatic nitrogens is 1. The van der Waals surface area contributed by atoms with Crippen molar-refractivity contribution in [1.29, 1.82) is 5.26 Å². The third kappa shape index (κ3) is 4.99. The molecule has 0 saturated heterocycles. The highest BCUT2D eigenvalue weighted by atomic mass is 16.5. The molecule has 1 amide bonds. The van der Waals surface area contributed by atoms with Crippen molar-refractivity contribution in [3.05, 3.63) is 77.3 Å². The third-order valence-corrected chi connectivity index (χ3v) is 3.92. The zero-order valence-corrected chi connectivity index (χ0v) is 15.5. The molecule has 8 heteroatoms. The van der Waals surface area contributed by atoms with Crippen LogP contribution in [0.4, 0.5) is 4.79 Å². The Balaban J connectivity index is 1.69. The van der Waals surface area contributed by atoms with Gasteiger partial charge in [0, 0.05) is 5.56 Å². The SMILES string of the molecule is COC(=O)c1nc(CNC(=O)OCc2ccccc2)oc1-c1ccc(C#N)cc1. The van der Waals surface area contributed by atoms with Crippen LogP contribution in [-0.2, 0) is 22.6 Å². The van der Waals surface area contributed by atoms with Crippen molar-refractivity contribution in [3.63, 3.8) is 0 Å². The van der Waals surface area contributed by atoms with Crippen molar-refractivity contribution in [3.8, 4) is 17.4 Å². The average molecular weight is 391 g/mol. The van der Waals surface area contributed by atoms with Crippen molar-refractivity contribution in [2.24, 2.45) is 0 Å². The molecule has 146 valence electrons. The maximum Gasteiger partial charge on any atom is 0.407 e. The number of hydrogen-bond donors (Lipinski definition) is 1. The number of benzene rings is 2. The summed E-state index contributed by atoms with van der Waals surface area (Å²) in [4.78, 5) is 28.0. The third-order valence-electron chi connectivity index (χ3n) is 3.92. The van der Waals surface area contributed by atoms with E-state index in [2.05, 4.69) is 10.3 Å².